The molecule has 0 unspecified atom stereocenters. The maximum atomic E-state index is 2.43. The second kappa shape index (κ2) is 15.1. The summed E-state index contributed by atoms with van der Waals surface area (Å²) >= 11 is 0. The predicted octanol–water partition coefficient (Wildman–Crippen LogP) is 9.31. The molecule has 0 aliphatic carbocycles. The molecule has 5 rings (SSSR count). The van der Waals surface area contributed by atoms with Crippen molar-refractivity contribution in [1.29, 1.82) is 0 Å². The van der Waals surface area contributed by atoms with E-state index in [1.807, 2.05) is 0 Å². The van der Waals surface area contributed by atoms with Crippen LogP contribution in [0.15, 0.2) is 133 Å². The van der Waals surface area contributed by atoms with Gasteiger partial charge in [-0.25, -0.2) is 0 Å². The fourth-order valence-corrected chi connectivity index (χ4v) is 5.64. The van der Waals surface area contributed by atoms with E-state index >= 15 is 0 Å². The molecular formula is C40H44N2. The number of anilines is 2. The second-order valence-electron chi connectivity index (χ2n) is 11.2. The Balaban J connectivity index is 1.11. The van der Waals surface area contributed by atoms with E-state index < -0.39 is 0 Å². The van der Waals surface area contributed by atoms with Crippen LogP contribution in [0.2, 0.25) is 0 Å². The predicted molar refractivity (Wildman–Crippen MR) is 180 cm³/mol. The zero-order valence-electron chi connectivity index (χ0n) is 25.3. The fraction of sp³-hybridized carbons (Fsp3) is 0.250. The Labute approximate surface area is 253 Å². The van der Waals surface area contributed by atoms with Gasteiger partial charge >= 0.3 is 0 Å². The Bertz CT molecular complexity index is 1360. The maximum absolute atomic E-state index is 2.43. The second-order valence-corrected chi connectivity index (χ2v) is 11.2. The first-order valence-electron chi connectivity index (χ1n) is 15.5. The molecule has 5 aromatic carbocycles. The lowest BCUT2D eigenvalue weighted by Crippen LogP contribution is -2.21. The lowest BCUT2D eigenvalue weighted by Gasteiger charge is -2.23. The Morgan fingerprint density at radius 3 is 1.10 bits per heavy atom. The fourth-order valence-electron chi connectivity index (χ4n) is 5.64. The molecule has 0 heterocycles. The van der Waals surface area contributed by atoms with Crippen LogP contribution in [0, 0.1) is 0 Å². The highest BCUT2D eigenvalue weighted by Crippen LogP contribution is 2.21. The van der Waals surface area contributed by atoms with Gasteiger partial charge in [0, 0.05) is 37.6 Å². The largest absolute Gasteiger partial charge is 0.367 e. The van der Waals surface area contributed by atoms with Gasteiger partial charge in [0.1, 0.15) is 0 Å². The Morgan fingerprint density at radius 2 is 0.714 bits per heavy atom. The molecule has 0 bridgehead atoms. The van der Waals surface area contributed by atoms with Gasteiger partial charge in [-0.3, -0.25) is 0 Å². The van der Waals surface area contributed by atoms with E-state index in [4.69, 9.17) is 0 Å². The van der Waals surface area contributed by atoms with Crippen LogP contribution < -0.4 is 9.80 Å². The molecule has 0 atom stereocenters. The molecule has 0 spiro atoms. The van der Waals surface area contributed by atoms with Crippen molar-refractivity contribution in [3.63, 3.8) is 0 Å². The molecular weight excluding hydrogens is 508 g/mol. The zero-order valence-corrected chi connectivity index (χ0v) is 25.3. The summed E-state index contributed by atoms with van der Waals surface area (Å²) in [6.45, 7) is 8.34. The first-order chi connectivity index (χ1) is 20.7. The molecule has 5 aromatic rings. The lowest BCUT2D eigenvalue weighted by molar-refractivity contribution is 0.830. The summed E-state index contributed by atoms with van der Waals surface area (Å²) in [6.07, 6.45) is 4.26. The SMILES string of the molecule is CCN(Cc1ccccc1)c1ccc(CCc2cccc(CCc3ccc(N(CC)Cc4ccccc4)cc3)c2)cc1. The summed E-state index contributed by atoms with van der Waals surface area (Å²) in [5, 5.41) is 0. The maximum Gasteiger partial charge on any atom is 0.0429 e. The van der Waals surface area contributed by atoms with Crippen molar-refractivity contribution in [3.8, 4) is 0 Å². The topological polar surface area (TPSA) is 6.48 Å². The van der Waals surface area contributed by atoms with Gasteiger partial charge in [0.05, 0.1) is 0 Å². The van der Waals surface area contributed by atoms with E-state index in [1.165, 1.54) is 44.8 Å². The molecule has 0 saturated heterocycles. The standard InChI is InChI=1S/C40H44N2/c1-3-41(31-37-12-7-5-8-13-37)39-26-22-33(23-27-39)18-20-35-16-11-17-36(30-35)21-19-34-24-28-40(29-25-34)42(4-2)32-38-14-9-6-10-15-38/h5-17,22-30H,3-4,18-21,31-32H2,1-2H3. The average Bonchev–Trinajstić information content (AvgIpc) is 3.06. The normalized spacial score (nSPS) is 10.9. The van der Waals surface area contributed by atoms with Crippen LogP contribution in [0.1, 0.15) is 47.2 Å². The van der Waals surface area contributed by atoms with Gasteiger partial charge in [-0.15, -0.1) is 0 Å². The van der Waals surface area contributed by atoms with Crippen molar-refractivity contribution in [2.24, 2.45) is 0 Å². The zero-order chi connectivity index (χ0) is 29.0. The number of hydrogen-bond acceptors (Lipinski definition) is 2. The Morgan fingerprint density at radius 1 is 0.357 bits per heavy atom. The van der Waals surface area contributed by atoms with Crippen molar-refractivity contribution < 1.29 is 0 Å². The molecule has 2 nitrogen and oxygen atoms in total. The summed E-state index contributed by atoms with van der Waals surface area (Å²) in [7, 11) is 0. The minimum absolute atomic E-state index is 0.944. The molecule has 42 heavy (non-hydrogen) atoms. The smallest absolute Gasteiger partial charge is 0.0429 e. The molecule has 0 aromatic heterocycles. The molecule has 2 heteroatoms. The van der Waals surface area contributed by atoms with E-state index in [9.17, 15) is 0 Å². The molecule has 0 N–H and O–H groups in total. The van der Waals surface area contributed by atoms with Gasteiger partial charge in [0.2, 0.25) is 0 Å². The lowest BCUT2D eigenvalue weighted by atomic mass is 9.99. The quantitative estimate of drug-likeness (QED) is 0.135. The van der Waals surface area contributed by atoms with Crippen LogP contribution in [-0.2, 0) is 38.8 Å². The third kappa shape index (κ3) is 8.36. The summed E-state index contributed by atoms with van der Waals surface area (Å²) in [5.41, 5.74) is 10.9. The Hall–Kier alpha value is -4.30. The van der Waals surface area contributed by atoms with Gasteiger partial charge in [-0.05, 0) is 97.2 Å². The first-order valence-corrected chi connectivity index (χ1v) is 15.5. The van der Waals surface area contributed by atoms with Crippen molar-refractivity contribution in [3.05, 3.63) is 167 Å². The van der Waals surface area contributed by atoms with E-state index in [2.05, 4.69) is 157 Å². The first kappa shape index (κ1) is 29.2. The minimum Gasteiger partial charge on any atom is -0.367 e. The number of rotatable bonds is 14. The molecule has 0 radical (unpaired) electrons. The van der Waals surface area contributed by atoms with Crippen LogP contribution >= 0.6 is 0 Å². The average molecular weight is 553 g/mol. The summed E-state index contributed by atoms with van der Waals surface area (Å²) in [6, 6.07) is 49.0. The van der Waals surface area contributed by atoms with Crippen LogP contribution in [0.25, 0.3) is 0 Å². The van der Waals surface area contributed by atoms with Crippen LogP contribution in [-0.4, -0.2) is 13.1 Å². The van der Waals surface area contributed by atoms with Crippen LogP contribution in [0.5, 0.6) is 0 Å². The number of hydrogen-bond donors (Lipinski definition) is 0. The van der Waals surface area contributed by atoms with Crippen molar-refractivity contribution >= 4 is 11.4 Å². The molecule has 0 amide bonds. The molecule has 0 saturated carbocycles. The van der Waals surface area contributed by atoms with Crippen molar-refractivity contribution in [1.82, 2.24) is 0 Å². The van der Waals surface area contributed by atoms with Crippen molar-refractivity contribution in [2.45, 2.75) is 52.6 Å². The number of nitrogens with zero attached hydrogens (tertiary/aromatic N) is 2. The van der Waals surface area contributed by atoms with Crippen molar-refractivity contribution in [2.75, 3.05) is 22.9 Å². The summed E-state index contributed by atoms with van der Waals surface area (Å²) in [5.74, 6) is 0. The van der Waals surface area contributed by atoms with Gasteiger partial charge in [-0.1, -0.05) is 109 Å². The minimum atomic E-state index is 0.944. The van der Waals surface area contributed by atoms with E-state index in [1.54, 1.807) is 0 Å². The van der Waals surface area contributed by atoms with E-state index in [0.29, 0.717) is 0 Å². The molecule has 0 aliphatic rings. The van der Waals surface area contributed by atoms with E-state index in [-0.39, 0.29) is 0 Å². The molecule has 214 valence electrons. The highest BCUT2D eigenvalue weighted by Gasteiger charge is 2.08. The Kier molecular flexibility index (Phi) is 10.5. The van der Waals surface area contributed by atoms with Gasteiger partial charge in [0.15, 0.2) is 0 Å². The molecule has 0 fully saturated rings. The summed E-state index contributed by atoms with van der Waals surface area (Å²) < 4.78 is 0. The van der Waals surface area contributed by atoms with Crippen LogP contribution in [0.3, 0.4) is 0 Å². The third-order valence-corrected chi connectivity index (χ3v) is 8.20. The number of aryl methyl sites for hydroxylation is 4. The summed E-state index contributed by atoms with van der Waals surface area (Å²) in [4.78, 5) is 4.86. The van der Waals surface area contributed by atoms with Gasteiger partial charge in [-0.2, -0.15) is 0 Å². The van der Waals surface area contributed by atoms with E-state index in [0.717, 1.165) is 51.9 Å². The van der Waals surface area contributed by atoms with Gasteiger partial charge in [0.25, 0.3) is 0 Å². The monoisotopic (exact) mass is 552 g/mol. The highest BCUT2D eigenvalue weighted by molar-refractivity contribution is 5.49. The van der Waals surface area contributed by atoms with Gasteiger partial charge < -0.3 is 9.80 Å². The molecule has 0 aliphatic heterocycles. The van der Waals surface area contributed by atoms with Crippen LogP contribution in [0.4, 0.5) is 11.4 Å². The highest BCUT2D eigenvalue weighted by atomic mass is 15.1. The number of benzene rings is 5. The third-order valence-electron chi connectivity index (χ3n) is 8.20.